The lowest BCUT2D eigenvalue weighted by molar-refractivity contribution is 0.0689. The third-order valence-electron chi connectivity index (χ3n) is 2.99. The maximum absolute atomic E-state index is 11.2. The first kappa shape index (κ1) is 13.4. The van der Waals surface area contributed by atoms with E-state index in [0.29, 0.717) is 16.9 Å². The molecule has 0 atom stereocenters. The van der Waals surface area contributed by atoms with Crippen LogP contribution in [0.5, 0.6) is 5.75 Å². The number of carboxylic acids is 1. The van der Waals surface area contributed by atoms with E-state index in [0.717, 1.165) is 11.3 Å². The Morgan fingerprint density at radius 2 is 2.16 bits per heavy atom. The van der Waals surface area contributed by atoms with Gasteiger partial charge in [-0.25, -0.2) is 4.79 Å². The van der Waals surface area contributed by atoms with Gasteiger partial charge in [0.15, 0.2) is 4.77 Å². The number of nitrogens with one attached hydrogen (secondary N) is 1. The molecule has 2 N–H and O–H groups in total. The lowest BCUT2D eigenvalue weighted by Gasteiger charge is -2.09. The third kappa shape index (κ3) is 2.53. The first-order valence-corrected chi connectivity index (χ1v) is 6.08. The summed E-state index contributed by atoms with van der Waals surface area (Å²) in [4.78, 5) is 13.9. The Bertz CT molecular complexity index is 673. The summed E-state index contributed by atoms with van der Waals surface area (Å²) in [5, 5.41) is 9.19. The van der Waals surface area contributed by atoms with Crippen LogP contribution < -0.4 is 4.74 Å². The topological polar surface area (TPSA) is 67.2 Å². The van der Waals surface area contributed by atoms with Crippen LogP contribution in [0, 0.1) is 4.77 Å². The van der Waals surface area contributed by atoms with E-state index in [1.54, 1.807) is 18.7 Å². The van der Waals surface area contributed by atoms with Crippen LogP contribution in [0.3, 0.4) is 0 Å². The number of benzene rings is 1. The number of methoxy groups -OCH3 is 1. The molecule has 0 unspecified atom stereocenters. The van der Waals surface area contributed by atoms with Crippen molar-refractivity contribution in [2.45, 2.75) is 6.42 Å². The van der Waals surface area contributed by atoms with E-state index in [-0.39, 0.29) is 5.69 Å². The van der Waals surface area contributed by atoms with Gasteiger partial charge >= 0.3 is 5.97 Å². The van der Waals surface area contributed by atoms with Crippen molar-refractivity contribution in [1.82, 2.24) is 9.55 Å². The number of ether oxygens (including phenoxy) is 1. The van der Waals surface area contributed by atoms with E-state index < -0.39 is 5.97 Å². The van der Waals surface area contributed by atoms with Crippen molar-refractivity contribution in [3.8, 4) is 5.75 Å². The number of aromatic amines is 1. The Hall–Kier alpha value is -2.08. The fourth-order valence-corrected chi connectivity index (χ4v) is 2.18. The van der Waals surface area contributed by atoms with Gasteiger partial charge in [-0.2, -0.15) is 0 Å². The first-order chi connectivity index (χ1) is 9.04. The minimum Gasteiger partial charge on any atom is -0.496 e. The second-order valence-electron chi connectivity index (χ2n) is 4.10. The summed E-state index contributed by atoms with van der Waals surface area (Å²) >= 11 is 5.07. The highest BCUT2D eigenvalue weighted by molar-refractivity contribution is 7.71. The number of hydrogen-bond acceptors (Lipinski definition) is 3. The van der Waals surface area contributed by atoms with Gasteiger partial charge < -0.3 is 19.4 Å². The molecule has 2 rings (SSSR count). The SMILES string of the molecule is COc1ccccc1Cc1c(C(=O)O)[nH]c(=S)n1C. The molecule has 1 heterocycles. The van der Waals surface area contributed by atoms with Crippen molar-refractivity contribution in [3.63, 3.8) is 0 Å². The van der Waals surface area contributed by atoms with Crippen LogP contribution in [0.15, 0.2) is 24.3 Å². The van der Waals surface area contributed by atoms with E-state index >= 15 is 0 Å². The average Bonchev–Trinajstić information content (AvgIpc) is 2.68. The van der Waals surface area contributed by atoms with Gasteiger partial charge in [-0.05, 0) is 18.3 Å². The minimum atomic E-state index is -1.02. The van der Waals surface area contributed by atoms with Gasteiger partial charge in [0, 0.05) is 19.0 Å². The zero-order valence-electron chi connectivity index (χ0n) is 10.6. The zero-order valence-corrected chi connectivity index (χ0v) is 11.5. The van der Waals surface area contributed by atoms with Crippen LogP contribution in [-0.4, -0.2) is 27.7 Å². The quantitative estimate of drug-likeness (QED) is 0.843. The van der Waals surface area contributed by atoms with Crippen molar-refractivity contribution in [2.24, 2.45) is 7.05 Å². The molecule has 2 aromatic rings. The van der Waals surface area contributed by atoms with Crippen molar-refractivity contribution in [3.05, 3.63) is 46.0 Å². The van der Waals surface area contributed by atoms with E-state index in [4.69, 9.17) is 17.0 Å². The lowest BCUT2D eigenvalue weighted by atomic mass is 10.1. The summed E-state index contributed by atoms with van der Waals surface area (Å²) in [6, 6.07) is 7.51. The largest absolute Gasteiger partial charge is 0.496 e. The van der Waals surface area contributed by atoms with E-state index in [9.17, 15) is 9.90 Å². The van der Waals surface area contributed by atoms with Crippen LogP contribution in [0.2, 0.25) is 0 Å². The smallest absolute Gasteiger partial charge is 0.354 e. The molecule has 19 heavy (non-hydrogen) atoms. The number of rotatable bonds is 4. The molecule has 0 saturated carbocycles. The van der Waals surface area contributed by atoms with E-state index in [1.807, 2.05) is 24.3 Å². The van der Waals surface area contributed by atoms with Gasteiger partial charge in [-0.1, -0.05) is 18.2 Å². The summed E-state index contributed by atoms with van der Waals surface area (Å²) in [6.45, 7) is 0. The van der Waals surface area contributed by atoms with Crippen molar-refractivity contribution < 1.29 is 14.6 Å². The van der Waals surface area contributed by atoms with Gasteiger partial charge in [0.25, 0.3) is 0 Å². The van der Waals surface area contributed by atoms with Crippen LogP contribution in [0.1, 0.15) is 21.7 Å². The van der Waals surface area contributed by atoms with Gasteiger partial charge in [-0.15, -0.1) is 0 Å². The molecule has 0 saturated heterocycles. The molecule has 0 aliphatic heterocycles. The molecule has 1 aromatic carbocycles. The highest BCUT2D eigenvalue weighted by atomic mass is 32.1. The van der Waals surface area contributed by atoms with Gasteiger partial charge in [-0.3, -0.25) is 0 Å². The Kier molecular flexibility index (Phi) is 3.71. The monoisotopic (exact) mass is 278 g/mol. The summed E-state index contributed by atoms with van der Waals surface area (Å²) in [6.07, 6.45) is 0.440. The summed E-state index contributed by atoms with van der Waals surface area (Å²) < 4.78 is 7.33. The average molecular weight is 278 g/mol. The molecule has 5 nitrogen and oxygen atoms in total. The van der Waals surface area contributed by atoms with Crippen LogP contribution in [-0.2, 0) is 13.5 Å². The molecule has 6 heteroatoms. The molecule has 0 aliphatic rings. The highest BCUT2D eigenvalue weighted by Crippen LogP contribution is 2.22. The minimum absolute atomic E-state index is 0.124. The number of para-hydroxylation sites is 1. The van der Waals surface area contributed by atoms with Gasteiger partial charge in [0.05, 0.1) is 12.8 Å². The zero-order chi connectivity index (χ0) is 14.0. The molecule has 0 radical (unpaired) electrons. The number of aromatic nitrogens is 2. The maximum Gasteiger partial charge on any atom is 0.354 e. The normalized spacial score (nSPS) is 10.4. The van der Waals surface area contributed by atoms with Gasteiger partial charge in [0.1, 0.15) is 11.4 Å². The van der Waals surface area contributed by atoms with Crippen LogP contribution in [0.4, 0.5) is 0 Å². The Labute approximate surface area is 115 Å². The van der Waals surface area contributed by atoms with Crippen molar-refractivity contribution >= 4 is 18.2 Å². The molecular formula is C13H14N2O3S. The molecule has 1 aromatic heterocycles. The van der Waals surface area contributed by atoms with Gasteiger partial charge in [0.2, 0.25) is 0 Å². The predicted molar refractivity (Wildman–Crippen MR) is 73.4 cm³/mol. The molecule has 0 amide bonds. The number of carboxylic acid groups (broad SMARTS) is 1. The molecule has 0 bridgehead atoms. The molecule has 0 fully saturated rings. The second-order valence-corrected chi connectivity index (χ2v) is 4.49. The standard InChI is InChI=1S/C13H14N2O3S/c1-15-9(11(12(16)17)14-13(15)19)7-8-5-3-4-6-10(8)18-2/h3-6H,7H2,1-2H3,(H,14,19)(H,16,17). The fraction of sp³-hybridized carbons (Fsp3) is 0.231. The van der Waals surface area contributed by atoms with Crippen LogP contribution >= 0.6 is 12.2 Å². The molecule has 0 aliphatic carbocycles. The Morgan fingerprint density at radius 3 is 2.79 bits per heavy atom. The summed E-state index contributed by atoms with van der Waals surface area (Å²) in [7, 11) is 3.34. The summed E-state index contributed by atoms with van der Waals surface area (Å²) in [5.74, 6) is -0.289. The number of carbonyl (C=O) groups is 1. The molecule has 0 spiro atoms. The lowest BCUT2D eigenvalue weighted by Crippen LogP contribution is -2.06. The Balaban J connectivity index is 2.49. The number of imidazole rings is 1. The molecule has 100 valence electrons. The molecular weight excluding hydrogens is 264 g/mol. The second kappa shape index (κ2) is 5.27. The Morgan fingerprint density at radius 1 is 1.47 bits per heavy atom. The number of aromatic carboxylic acids is 1. The number of nitrogens with zero attached hydrogens (tertiary/aromatic N) is 1. The first-order valence-electron chi connectivity index (χ1n) is 5.67. The maximum atomic E-state index is 11.2. The van der Waals surface area contributed by atoms with Crippen molar-refractivity contribution in [2.75, 3.05) is 7.11 Å². The summed E-state index contributed by atoms with van der Waals surface area (Å²) in [5.41, 5.74) is 1.66. The number of H-pyrrole nitrogens is 1. The number of hydrogen-bond donors (Lipinski definition) is 2. The van der Waals surface area contributed by atoms with Crippen LogP contribution in [0.25, 0.3) is 0 Å². The highest BCUT2D eigenvalue weighted by Gasteiger charge is 2.17. The third-order valence-corrected chi connectivity index (χ3v) is 3.37. The predicted octanol–water partition coefficient (Wildman–Crippen LogP) is 2.38. The fourth-order valence-electron chi connectivity index (χ4n) is 1.97. The van der Waals surface area contributed by atoms with E-state index in [1.165, 1.54) is 0 Å². The van der Waals surface area contributed by atoms with E-state index in [2.05, 4.69) is 4.98 Å². The van der Waals surface area contributed by atoms with Crippen molar-refractivity contribution in [1.29, 1.82) is 0 Å².